The second-order valence-electron chi connectivity index (χ2n) is 8.59. The molecule has 0 fully saturated rings. The molecule has 220 valence electrons. The van der Waals surface area contributed by atoms with Gasteiger partial charge in [0.15, 0.2) is 0 Å². The molecule has 0 spiro atoms. The first-order valence-electron chi connectivity index (χ1n) is 11.1. The summed E-state index contributed by atoms with van der Waals surface area (Å²) in [6.45, 7) is 4.41. The second kappa shape index (κ2) is 14.5. The molecule has 1 aliphatic rings. The van der Waals surface area contributed by atoms with Crippen LogP contribution in [0.2, 0.25) is 0 Å². The monoisotopic (exact) mass is 573 g/mol. The molecule has 2 aromatic heterocycles. The van der Waals surface area contributed by atoms with Gasteiger partial charge in [-0.3, -0.25) is 19.1 Å². The van der Waals surface area contributed by atoms with Crippen LogP contribution in [0.25, 0.3) is 0 Å². The standard InChI is InChI=1S/C17H27N7O.2C2HF3O2/c1-21(2)7-6-18-17(25)15-11-23(10-14-8-20-22(3)9-14)13-16-4-5-19-24(16)12-15;2*3-2(4,5)1(6)7/h4-5,8-9,15H,6-7,10-13H2,1-3H3,(H,18,25);2*(H,6,7). The average Bonchev–Trinajstić information content (AvgIpc) is 3.36. The predicted octanol–water partition coefficient (Wildman–Crippen LogP) is 1.19. The van der Waals surface area contributed by atoms with E-state index in [2.05, 4.69) is 25.3 Å². The van der Waals surface area contributed by atoms with E-state index in [1.54, 1.807) is 0 Å². The van der Waals surface area contributed by atoms with Gasteiger partial charge in [0.1, 0.15) is 0 Å². The van der Waals surface area contributed by atoms with Crippen LogP contribution in [0.3, 0.4) is 0 Å². The zero-order chi connectivity index (χ0) is 30.0. The van der Waals surface area contributed by atoms with Crippen molar-refractivity contribution in [3.63, 3.8) is 0 Å². The molecule has 12 nitrogen and oxygen atoms in total. The number of hydrogen-bond donors (Lipinski definition) is 3. The summed E-state index contributed by atoms with van der Waals surface area (Å²) < 4.78 is 67.2. The fourth-order valence-corrected chi connectivity index (χ4v) is 3.18. The van der Waals surface area contributed by atoms with E-state index >= 15 is 0 Å². The first-order valence-corrected chi connectivity index (χ1v) is 11.1. The minimum atomic E-state index is -5.08. The van der Waals surface area contributed by atoms with Gasteiger partial charge >= 0.3 is 24.3 Å². The molecule has 0 saturated heterocycles. The van der Waals surface area contributed by atoms with Crippen molar-refractivity contribution in [3.05, 3.63) is 35.9 Å². The van der Waals surface area contributed by atoms with Gasteiger partial charge in [-0.05, 0) is 20.2 Å². The minimum absolute atomic E-state index is 0.0985. The fourth-order valence-electron chi connectivity index (χ4n) is 3.18. The van der Waals surface area contributed by atoms with Gasteiger partial charge in [-0.25, -0.2) is 9.59 Å². The van der Waals surface area contributed by atoms with E-state index in [1.807, 2.05) is 55.2 Å². The maximum absolute atomic E-state index is 12.7. The zero-order valence-electron chi connectivity index (χ0n) is 21.2. The Morgan fingerprint density at radius 2 is 1.62 bits per heavy atom. The van der Waals surface area contributed by atoms with Gasteiger partial charge in [-0.2, -0.15) is 36.5 Å². The molecule has 1 unspecified atom stereocenters. The van der Waals surface area contributed by atoms with Gasteiger partial charge in [0.05, 0.1) is 24.4 Å². The summed E-state index contributed by atoms with van der Waals surface area (Å²) in [4.78, 5) is 34.8. The largest absolute Gasteiger partial charge is 0.490 e. The highest BCUT2D eigenvalue weighted by Crippen LogP contribution is 2.18. The number of alkyl halides is 6. The van der Waals surface area contributed by atoms with E-state index in [0.717, 1.165) is 30.9 Å². The van der Waals surface area contributed by atoms with Crippen LogP contribution in [0.4, 0.5) is 26.3 Å². The average molecular weight is 573 g/mol. The van der Waals surface area contributed by atoms with Crippen LogP contribution in [0.15, 0.2) is 24.7 Å². The number of amides is 1. The minimum Gasteiger partial charge on any atom is -0.475 e. The van der Waals surface area contributed by atoms with Gasteiger partial charge in [0, 0.05) is 57.7 Å². The molecular weight excluding hydrogens is 544 g/mol. The van der Waals surface area contributed by atoms with Crippen LogP contribution < -0.4 is 5.32 Å². The Kier molecular flexibility index (Phi) is 12.4. The predicted molar refractivity (Wildman–Crippen MR) is 122 cm³/mol. The fraction of sp³-hybridized carbons (Fsp3) is 0.571. The molecule has 0 saturated carbocycles. The van der Waals surface area contributed by atoms with Crippen LogP contribution in [0, 0.1) is 5.92 Å². The molecule has 39 heavy (non-hydrogen) atoms. The summed E-state index contributed by atoms with van der Waals surface area (Å²) in [5.74, 6) is -5.53. The maximum Gasteiger partial charge on any atom is 0.490 e. The highest BCUT2D eigenvalue weighted by molar-refractivity contribution is 5.78. The number of carbonyl (C=O) groups is 3. The van der Waals surface area contributed by atoms with E-state index in [-0.39, 0.29) is 11.8 Å². The lowest BCUT2D eigenvalue weighted by Gasteiger charge is -2.23. The highest BCUT2D eigenvalue weighted by Gasteiger charge is 2.38. The van der Waals surface area contributed by atoms with Crippen molar-refractivity contribution >= 4 is 17.8 Å². The molecule has 3 rings (SSSR count). The van der Waals surface area contributed by atoms with E-state index < -0.39 is 24.3 Å². The van der Waals surface area contributed by atoms with Gasteiger partial charge in [0.25, 0.3) is 0 Å². The number of nitrogens with zero attached hydrogens (tertiary/aromatic N) is 6. The number of carboxylic acid groups (broad SMARTS) is 2. The van der Waals surface area contributed by atoms with Gasteiger partial charge in [0.2, 0.25) is 5.91 Å². The van der Waals surface area contributed by atoms with Crippen molar-refractivity contribution in [1.82, 2.24) is 34.7 Å². The number of hydrogen-bond acceptors (Lipinski definition) is 7. The molecule has 0 bridgehead atoms. The molecule has 3 N–H and O–H groups in total. The molecule has 18 heteroatoms. The number of rotatable bonds is 6. The summed E-state index contributed by atoms with van der Waals surface area (Å²) in [5, 5.41) is 25.9. The van der Waals surface area contributed by atoms with Crippen molar-refractivity contribution in [1.29, 1.82) is 0 Å². The SMILES string of the molecule is CN(C)CCNC(=O)C1CN(Cc2cnn(C)c2)Cc2ccnn2C1.O=C(O)C(F)(F)F.O=C(O)C(F)(F)F. The number of carbonyl (C=O) groups excluding carboxylic acids is 1. The lowest BCUT2D eigenvalue weighted by molar-refractivity contribution is -0.193. The summed E-state index contributed by atoms with van der Waals surface area (Å²) in [7, 11) is 5.93. The number of halogens is 6. The van der Waals surface area contributed by atoms with E-state index in [1.165, 1.54) is 0 Å². The molecule has 0 radical (unpaired) electrons. The number of aliphatic carboxylic acids is 2. The number of aryl methyl sites for hydroxylation is 1. The lowest BCUT2D eigenvalue weighted by Crippen LogP contribution is -2.41. The maximum atomic E-state index is 12.7. The summed E-state index contributed by atoms with van der Waals surface area (Å²) in [6, 6.07) is 2.03. The highest BCUT2D eigenvalue weighted by atomic mass is 19.4. The molecule has 0 aromatic carbocycles. The Labute approximate surface area is 218 Å². The van der Waals surface area contributed by atoms with Crippen LogP contribution >= 0.6 is 0 Å². The number of likely N-dealkylation sites (N-methyl/N-ethyl adjacent to an activating group) is 1. The number of nitrogens with one attached hydrogen (secondary N) is 1. The van der Waals surface area contributed by atoms with Crippen LogP contribution in [0.5, 0.6) is 0 Å². The lowest BCUT2D eigenvalue weighted by atomic mass is 10.1. The van der Waals surface area contributed by atoms with Crippen molar-refractivity contribution in [3.8, 4) is 0 Å². The Bertz CT molecular complexity index is 1060. The Balaban J connectivity index is 0.000000449. The second-order valence-corrected chi connectivity index (χ2v) is 8.59. The number of carboxylic acids is 2. The molecule has 1 amide bonds. The van der Waals surface area contributed by atoms with Crippen LogP contribution in [-0.2, 0) is 41.1 Å². The van der Waals surface area contributed by atoms with Crippen molar-refractivity contribution in [2.24, 2.45) is 13.0 Å². The summed E-state index contributed by atoms with van der Waals surface area (Å²) in [6.07, 6.45) is -4.45. The zero-order valence-corrected chi connectivity index (χ0v) is 21.2. The topological polar surface area (TPSA) is 146 Å². The Morgan fingerprint density at radius 1 is 1.05 bits per heavy atom. The third-order valence-corrected chi connectivity index (χ3v) is 4.94. The molecule has 1 aliphatic heterocycles. The van der Waals surface area contributed by atoms with Gasteiger partial charge < -0.3 is 20.4 Å². The first-order chi connectivity index (χ1) is 17.9. The van der Waals surface area contributed by atoms with Gasteiger partial charge in [-0.15, -0.1) is 0 Å². The Morgan fingerprint density at radius 3 is 2.08 bits per heavy atom. The first kappa shape index (κ1) is 33.4. The number of aromatic nitrogens is 4. The summed E-state index contributed by atoms with van der Waals surface area (Å²) in [5.41, 5.74) is 2.30. The van der Waals surface area contributed by atoms with E-state index in [4.69, 9.17) is 19.8 Å². The van der Waals surface area contributed by atoms with Crippen molar-refractivity contribution in [2.75, 3.05) is 33.7 Å². The Hall–Kier alpha value is -3.67. The normalized spacial score (nSPS) is 15.7. The molecule has 1 atom stereocenters. The van der Waals surface area contributed by atoms with E-state index in [0.29, 0.717) is 19.6 Å². The van der Waals surface area contributed by atoms with Crippen molar-refractivity contribution < 1.29 is 50.9 Å². The van der Waals surface area contributed by atoms with Crippen LogP contribution in [0.1, 0.15) is 11.3 Å². The molecule has 0 aliphatic carbocycles. The molecular formula is C21H29F6N7O5. The van der Waals surface area contributed by atoms with Crippen molar-refractivity contribution in [2.45, 2.75) is 32.0 Å². The third-order valence-electron chi connectivity index (χ3n) is 4.94. The third kappa shape index (κ3) is 12.6. The quantitative estimate of drug-likeness (QED) is 0.434. The van der Waals surface area contributed by atoms with Crippen LogP contribution in [-0.4, -0.2) is 104 Å². The summed E-state index contributed by atoms with van der Waals surface area (Å²) >= 11 is 0. The molecule has 3 heterocycles. The van der Waals surface area contributed by atoms with Gasteiger partial charge in [-0.1, -0.05) is 0 Å². The van der Waals surface area contributed by atoms with E-state index in [9.17, 15) is 31.1 Å². The smallest absolute Gasteiger partial charge is 0.475 e. The molecule has 2 aromatic rings. The number of fused-ring (bicyclic) bond motifs is 1.